The number of nitrogens with one attached hydrogen (secondary N) is 2. The molecule has 6 heteroatoms. The van der Waals surface area contributed by atoms with E-state index in [2.05, 4.69) is 16.7 Å². The van der Waals surface area contributed by atoms with Gasteiger partial charge >= 0.3 is 0 Å². The van der Waals surface area contributed by atoms with Crippen molar-refractivity contribution in [2.45, 2.75) is 4.90 Å². The van der Waals surface area contributed by atoms with E-state index in [1.54, 1.807) is 26.0 Å². The summed E-state index contributed by atoms with van der Waals surface area (Å²) in [6.07, 6.45) is 2.04. The van der Waals surface area contributed by atoms with Crippen LogP contribution in [0, 0.1) is 0 Å². The lowest BCUT2D eigenvalue weighted by Crippen LogP contribution is -2.19. The van der Waals surface area contributed by atoms with Crippen molar-refractivity contribution >= 4 is 40.5 Å². The molecule has 0 heterocycles. The fourth-order valence-corrected chi connectivity index (χ4v) is 2.57. The van der Waals surface area contributed by atoms with E-state index < -0.39 is 0 Å². The second kappa shape index (κ2) is 7.91. The maximum atomic E-state index is 5.35. The summed E-state index contributed by atoms with van der Waals surface area (Å²) in [5.41, 5.74) is 1.74. The molecule has 0 aliphatic carbocycles. The van der Waals surface area contributed by atoms with Crippen molar-refractivity contribution in [3.05, 3.63) is 42.5 Å². The first-order chi connectivity index (χ1) is 10.6. The number of benzene rings is 2. The Bertz CT molecular complexity index is 640. The van der Waals surface area contributed by atoms with E-state index in [4.69, 9.17) is 21.7 Å². The van der Waals surface area contributed by atoms with Crippen LogP contribution in [0.25, 0.3) is 0 Å². The predicted octanol–water partition coefficient (Wildman–Crippen LogP) is 4.23. The van der Waals surface area contributed by atoms with Gasteiger partial charge in [-0.1, -0.05) is 6.07 Å². The van der Waals surface area contributed by atoms with Crippen molar-refractivity contribution in [1.82, 2.24) is 0 Å². The maximum absolute atomic E-state index is 5.35. The maximum Gasteiger partial charge on any atom is 0.175 e. The predicted molar refractivity (Wildman–Crippen MR) is 97.6 cm³/mol. The number of anilines is 2. The zero-order valence-corrected chi connectivity index (χ0v) is 14.3. The molecule has 116 valence electrons. The zero-order valence-electron chi connectivity index (χ0n) is 12.7. The molecule has 2 aromatic carbocycles. The quantitative estimate of drug-likeness (QED) is 0.630. The monoisotopic (exact) mass is 334 g/mol. The lowest BCUT2D eigenvalue weighted by molar-refractivity contribution is 0.395. The van der Waals surface area contributed by atoms with Gasteiger partial charge in [-0.2, -0.15) is 0 Å². The summed E-state index contributed by atoms with van der Waals surface area (Å²) in [6, 6.07) is 13.6. The van der Waals surface area contributed by atoms with Crippen LogP contribution in [0.4, 0.5) is 11.4 Å². The van der Waals surface area contributed by atoms with E-state index in [0.717, 1.165) is 11.4 Å². The molecule has 0 aliphatic rings. The first-order valence-corrected chi connectivity index (χ1v) is 8.23. The van der Waals surface area contributed by atoms with Crippen molar-refractivity contribution in [1.29, 1.82) is 0 Å². The summed E-state index contributed by atoms with van der Waals surface area (Å²) in [7, 11) is 3.23. The third-order valence-corrected chi connectivity index (χ3v) is 3.87. The van der Waals surface area contributed by atoms with Gasteiger partial charge in [0.2, 0.25) is 0 Å². The third-order valence-electron chi connectivity index (χ3n) is 2.94. The van der Waals surface area contributed by atoms with Crippen LogP contribution >= 0.6 is 24.0 Å². The van der Waals surface area contributed by atoms with Crippen LogP contribution < -0.4 is 20.1 Å². The van der Waals surface area contributed by atoms with Crippen molar-refractivity contribution in [2.24, 2.45) is 0 Å². The number of thiocarbonyl (C=S) groups is 1. The summed E-state index contributed by atoms with van der Waals surface area (Å²) in [6.45, 7) is 0. The highest BCUT2D eigenvalue weighted by Crippen LogP contribution is 2.26. The van der Waals surface area contributed by atoms with Crippen LogP contribution in [0.1, 0.15) is 0 Å². The highest BCUT2D eigenvalue weighted by Gasteiger charge is 2.04. The van der Waals surface area contributed by atoms with Gasteiger partial charge in [0.25, 0.3) is 0 Å². The van der Waals surface area contributed by atoms with Crippen molar-refractivity contribution < 1.29 is 9.47 Å². The van der Waals surface area contributed by atoms with Crippen LogP contribution in [-0.4, -0.2) is 25.6 Å². The van der Waals surface area contributed by atoms with Gasteiger partial charge in [0.1, 0.15) is 11.5 Å². The molecule has 0 unspecified atom stereocenters. The summed E-state index contributed by atoms with van der Waals surface area (Å²) in [5.74, 6) is 1.41. The van der Waals surface area contributed by atoms with Gasteiger partial charge < -0.3 is 20.1 Å². The smallest absolute Gasteiger partial charge is 0.175 e. The Morgan fingerprint density at radius 3 is 2.18 bits per heavy atom. The molecule has 4 nitrogen and oxygen atoms in total. The molecule has 0 radical (unpaired) electrons. The molecular formula is C16H18N2O2S2. The Kier molecular flexibility index (Phi) is 5.91. The minimum atomic E-state index is 0.508. The summed E-state index contributed by atoms with van der Waals surface area (Å²) >= 11 is 7.03. The molecule has 0 atom stereocenters. The second-order valence-electron chi connectivity index (χ2n) is 4.41. The molecule has 0 amide bonds. The lowest BCUT2D eigenvalue weighted by atomic mass is 10.3. The molecule has 0 saturated heterocycles. The minimum absolute atomic E-state index is 0.508. The van der Waals surface area contributed by atoms with Crippen LogP contribution in [0.3, 0.4) is 0 Å². The minimum Gasteiger partial charge on any atom is -0.497 e. The SMILES string of the molecule is COc1cc(NC(=S)Nc2cccc(SC)c2)cc(OC)c1. The molecule has 0 aliphatic heterocycles. The molecule has 0 fully saturated rings. The number of thioether (sulfide) groups is 1. The van der Waals surface area contributed by atoms with E-state index in [1.807, 2.05) is 42.7 Å². The Labute approximate surface area is 140 Å². The van der Waals surface area contributed by atoms with E-state index in [9.17, 15) is 0 Å². The molecule has 2 aromatic rings. The van der Waals surface area contributed by atoms with Gasteiger partial charge in [-0.05, 0) is 36.7 Å². The van der Waals surface area contributed by atoms with E-state index in [1.165, 1.54) is 4.90 Å². The fourth-order valence-electron chi connectivity index (χ4n) is 1.87. The standard InChI is InChI=1S/C16H18N2O2S2/c1-19-13-7-12(8-14(10-13)20-2)18-16(21)17-11-5-4-6-15(9-11)22-3/h4-10H,1-3H3,(H2,17,18,21). The Hall–Kier alpha value is -1.92. The van der Waals surface area contributed by atoms with E-state index in [0.29, 0.717) is 16.6 Å². The van der Waals surface area contributed by atoms with Crippen molar-refractivity contribution in [3.8, 4) is 11.5 Å². The summed E-state index contributed by atoms with van der Waals surface area (Å²) in [4.78, 5) is 1.18. The molecule has 0 spiro atoms. The number of hydrogen-bond donors (Lipinski definition) is 2. The van der Waals surface area contributed by atoms with Gasteiger partial charge in [0, 0.05) is 34.5 Å². The number of hydrogen-bond acceptors (Lipinski definition) is 4. The highest BCUT2D eigenvalue weighted by atomic mass is 32.2. The van der Waals surface area contributed by atoms with Crippen LogP contribution in [-0.2, 0) is 0 Å². The fraction of sp³-hybridized carbons (Fsp3) is 0.188. The summed E-state index contributed by atoms with van der Waals surface area (Å²) in [5, 5.41) is 6.80. The highest BCUT2D eigenvalue weighted by molar-refractivity contribution is 7.98. The van der Waals surface area contributed by atoms with Gasteiger partial charge in [0.05, 0.1) is 14.2 Å². The van der Waals surface area contributed by atoms with Crippen molar-refractivity contribution in [2.75, 3.05) is 31.1 Å². The van der Waals surface area contributed by atoms with Crippen LogP contribution in [0.5, 0.6) is 11.5 Å². The Morgan fingerprint density at radius 2 is 1.59 bits per heavy atom. The molecule has 2 N–H and O–H groups in total. The largest absolute Gasteiger partial charge is 0.497 e. The van der Waals surface area contributed by atoms with Gasteiger partial charge in [-0.15, -0.1) is 11.8 Å². The van der Waals surface area contributed by atoms with Crippen LogP contribution in [0.15, 0.2) is 47.4 Å². The summed E-state index contributed by atoms with van der Waals surface area (Å²) < 4.78 is 10.5. The van der Waals surface area contributed by atoms with E-state index >= 15 is 0 Å². The normalized spacial score (nSPS) is 9.95. The first-order valence-electron chi connectivity index (χ1n) is 6.59. The number of ether oxygens (including phenoxy) is 2. The number of rotatable bonds is 5. The molecule has 2 rings (SSSR count). The lowest BCUT2D eigenvalue weighted by Gasteiger charge is -2.13. The molecule has 0 saturated carbocycles. The first kappa shape index (κ1) is 16.5. The molecular weight excluding hydrogens is 316 g/mol. The van der Waals surface area contributed by atoms with Crippen LogP contribution in [0.2, 0.25) is 0 Å². The Balaban J connectivity index is 2.08. The van der Waals surface area contributed by atoms with E-state index in [-0.39, 0.29) is 0 Å². The molecule has 0 aromatic heterocycles. The zero-order chi connectivity index (χ0) is 15.9. The Morgan fingerprint density at radius 1 is 0.955 bits per heavy atom. The second-order valence-corrected chi connectivity index (χ2v) is 5.70. The average Bonchev–Trinajstić information content (AvgIpc) is 2.54. The molecule has 22 heavy (non-hydrogen) atoms. The van der Waals surface area contributed by atoms with Crippen molar-refractivity contribution in [3.63, 3.8) is 0 Å². The van der Waals surface area contributed by atoms with Gasteiger partial charge in [-0.25, -0.2) is 0 Å². The average molecular weight is 334 g/mol. The van der Waals surface area contributed by atoms with Gasteiger partial charge in [0.15, 0.2) is 5.11 Å². The number of methoxy groups -OCH3 is 2. The third kappa shape index (κ3) is 4.54. The molecule has 0 bridgehead atoms. The topological polar surface area (TPSA) is 42.5 Å². The van der Waals surface area contributed by atoms with Gasteiger partial charge in [-0.3, -0.25) is 0 Å².